The van der Waals surface area contributed by atoms with Gasteiger partial charge in [-0.2, -0.15) is 0 Å². The van der Waals surface area contributed by atoms with E-state index in [1.807, 2.05) is 0 Å². The maximum atomic E-state index is 5.78. The molecule has 17 heavy (non-hydrogen) atoms. The number of piperidine rings is 1. The monoisotopic (exact) mass is 273 g/mol. The van der Waals surface area contributed by atoms with Crippen molar-refractivity contribution in [1.82, 2.24) is 9.88 Å². The highest BCUT2D eigenvalue weighted by molar-refractivity contribution is 7.13. The Labute approximate surface area is 112 Å². The third-order valence-corrected chi connectivity index (χ3v) is 4.41. The molecule has 1 aromatic rings. The van der Waals surface area contributed by atoms with Crippen LogP contribution in [-0.2, 0) is 5.88 Å². The zero-order chi connectivity index (χ0) is 12.3. The van der Waals surface area contributed by atoms with Crippen LogP contribution in [0.15, 0.2) is 5.38 Å². The Bertz CT molecular complexity index is 345. The minimum atomic E-state index is 0.521. The van der Waals surface area contributed by atoms with Crippen LogP contribution in [0.3, 0.4) is 0 Å². The molecule has 0 bridgehead atoms. The fourth-order valence-electron chi connectivity index (χ4n) is 2.33. The van der Waals surface area contributed by atoms with E-state index < -0.39 is 0 Å². The lowest BCUT2D eigenvalue weighted by Gasteiger charge is -2.32. The average molecular weight is 274 g/mol. The summed E-state index contributed by atoms with van der Waals surface area (Å²) in [6, 6.07) is 0. The van der Waals surface area contributed by atoms with E-state index in [0.29, 0.717) is 5.88 Å². The minimum absolute atomic E-state index is 0.521. The Kier molecular flexibility index (Phi) is 4.65. The number of alkyl halides is 1. The molecule has 0 spiro atoms. The van der Waals surface area contributed by atoms with Crippen molar-refractivity contribution in [3.8, 4) is 0 Å². The van der Waals surface area contributed by atoms with Crippen molar-refractivity contribution in [3.05, 3.63) is 11.1 Å². The fourth-order valence-corrected chi connectivity index (χ4v) is 3.43. The highest BCUT2D eigenvalue weighted by atomic mass is 35.5. The molecular formula is C12H20ClN3S. The smallest absolute Gasteiger partial charge is 0.185 e. The minimum Gasteiger partial charge on any atom is -0.348 e. The average Bonchev–Trinajstić information content (AvgIpc) is 2.78. The molecule has 0 N–H and O–H groups in total. The molecule has 5 heteroatoms. The van der Waals surface area contributed by atoms with Crippen molar-refractivity contribution in [3.63, 3.8) is 0 Å². The molecule has 0 atom stereocenters. The predicted octanol–water partition coefficient (Wildman–Crippen LogP) is 2.66. The molecule has 1 aliphatic rings. The molecule has 0 unspecified atom stereocenters. The van der Waals surface area contributed by atoms with E-state index in [1.54, 1.807) is 11.3 Å². The molecule has 1 aliphatic heterocycles. The first-order chi connectivity index (χ1) is 8.19. The molecule has 0 aromatic carbocycles. The van der Waals surface area contributed by atoms with Crippen LogP contribution < -0.4 is 4.90 Å². The summed E-state index contributed by atoms with van der Waals surface area (Å²) in [5, 5.41) is 3.21. The van der Waals surface area contributed by atoms with Crippen LogP contribution in [0.4, 0.5) is 5.13 Å². The molecule has 0 aliphatic carbocycles. The molecule has 1 saturated heterocycles. The van der Waals surface area contributed by atoms with Crippen LogP contribution in [0, 0.1) is 5.92 Å². The number of hydrogen-bond donors (Lipinski definition) is 0. The molecule has 0 radical (unpaired) electrons. The Balaban J connectivity index is 1.86. The highest BCUT2D eigenvalue weighted by Gasteiger charge is 2.21. The Hall–Kier alpha value is -0.320. The van der Waals surface area contributed by atoms with E-state index in [-0.39, 0.29) is 0 Å². The number of halogens is 1. The molecule has 2 heterocycles. The Morgan fingerprint density at radius 1 is 1.47 bits per heavy atom. The van der Waals surface area contributed by atoms with Crippen molar-refractivity contribution in [1.29, 1.82) is 0 Å². The zero-order valence-corrected chi connectivity index (χ0v) is 12.1. The summed E-state index contributed by atoms with van der Waals surface area (Å²) in [5.74, 6) is 1.36. The highest BCUT2D eigenvalue weighted by Crippen LogP contribution is 2.26. The van der Waals surface area contributed by atoms with Gasteiger partial charge in [-0.25, -0.2) is 4.98 Å². The second-order valence-electron chi connectivity index (χ2n) is 4.95. The van der Waals surface area contributed by atoms with E-state index >= 15 is 0 Å². The molecule has 0 amide bonds. The number of thiazole rings is 1. The van der Waals surface area contributed by atoms with E-state index in [1.165, 1.54) is 19.4 Å². The van der Waals surface area contributed by atoms with Crippen LogP contribution in [0.1, 0.15) is 18.5 Å². The number of aromatic nitrogens is 1. The second kappa shape index (κ2) is 6.03. The SMILES string of the molecule is CN(C)CC1CCN(c2nc(CCl)cs2)CC1. The first-order valence-electron chi connectivity index (χ1n) is 6.09. The number of rotatable bonds is 4. The van der Waals surface area contributed by atoms with Gasteiger partial charge in [0.1, 0.15) is 0 Å². The second-order valence-corrected chi connectivity index (χ2v) is 6.05. The maximum absolute atomic E-state index is 5.78. The van der Waals surface area contributed by atoms with Gasteiger partial charge in [-0.15, -0.1) is 22.9 Å². The van der Waals surface area contributed by atoms with Gasteiger partial charge in [0.15, 0.2) is 5.13 Å². The van der Waals surface area contributed by atoms with Gasteiger partial charge in [-0.3, -0.25) is 0 Å². The molecule has 96 valence electrons. The summed E-state index contributed by atoms with van der Waals surface area (Å²) in [6.07, 6.45) is 2.54. The van der Waals surface area contributed by atoms with E-state index in [9.17, 15) is 0 Å². The van der Waals surface area contributed by atoms with Crippen molar-refractivity contribution in [2.45, 2.75) is 18.7 Å². The molecule has 1 fully saturated rings. The van der Waals surface area contributed by atoms with Gasteiger partial charge < -0.3 is 9.80 Å². The Morgan fingerprint density at radius 2 is 2.18 bits per heavy atom. The summed E-state index contributed by atoms with van der Waals surface area (Å²) < 4.78 is 0. The summed E-state index contributed by atoms with van der Waals surface area (Å²) in [4.78, 5) is 9.22. The lowest BCUT2D eigenvalue weighted by molar-refractivity contribution is 0.285. The fraction of sp³-hybridized carbons (Fsp3) is 0.750. The van der Waals surface area contributed by atoms with Gasteiger partial charge >= 0.3 is 0 Å². The van der Waals surface area contributed by atoms with Crippen molar-refractivity contribution in [2.75, 3.05) is 38.6 Å². The van der Waals surface area contributed by atoms with Crippen molar-refractivity contribution >= 4 is 28.1 Å². The Morgan fingerprint density at radius 3 is 2.71 bits per heavy atom. The van der Waals surface area contributed by atoms with Gasteiger partial charge in [0.2, 0.25) is 0 Å². The zero-order valence-electron chi connectivity index (χ0n) is 10.5. The summed E-state index contributed by atoms with van der Waals surface area (Å²) in [5.41, 5.74) is 1.00. The lowest BCUT2D eigenvalue weighted by Crippen LogP contribution is -2.37. The largest absolute Gasteiger partial charge is 0.348 e. The van der Waals surface area contributed by atoms with E-state index in [2.05, 4.69) is 34.3 Å². The molecule has 1 aromatic heterocycles. The molecule has 3 nitrogen and oxygen atoms in total. The number of hydrogen-bond acceptors (Lipinski definition) is 4. The number of nitrogens with zero attached hydrogens (tertiary/aromatic N) is 3. The number of anilines is 1. The summed E-state index contributed by atoms with van der Waals surface area (Å²) in [7, 11) is 4.31. The normalized spacial score (nSPS) is 18.0. The van der Waals surface area contributed by atoms with E-state index in [4.69, 9.17) is 11.6 Å². The third-order valence-electron chi connectivity index (χ3n) is 3.18. The molecule has 0 saturated carbocycles. The van der Waals surface area contributed by atoms with Gasteiger partial charge in [-0.1, -0.05) is 0 Å². The van der Waals surface area contributed by atoms with Gasteiger partial charge in [0.25, 0.3) is 0 Å². The quantitative estimate of drug-likeness (QED) is 0.787. The predicted molar refractivity (Wildman–Crippen MR) is 75.2 cm³/mol. The van der Waals surface area contributed by atoms with Crippen LogP contribution in [0.5, 0.6) is 0 Å². The van der Waals surface area contributed by atoms with Crippen LogP contribution in [-0.4, -0.2) is 43.6 Å². The first-order valence-corrected chi connectivity index (χ1v) is 7.50. The van der Waals surface area contributed by atoms with Crippen LogP contribution in [0.2, 0.25) is 0 Å². The van der Waals surface area contributed by atoms with Gasteiger partial charge in [0.05, 0.1) is 11.6 Å². The van der Waals surface area contributed by atoms with Crippen LogP contribution >= 0.6 is 22.9 Å². The van der Waals surface area contributed by atoms with Gasteiger partial charge in [-0.05, 0) is 32.9 Å². The molecule has 2 rings (SSSR count). The third kappa shape index (κ3) is 3.57. The molecular weight excluding hydrogens is 254 g/mol. The maximum Gasteiger partial charge on any atom is 0.185 e. The van der Waals surface area contributed by atoms with Crippen LogP contribution in [0.25, 0.3) is 0 Å². The van der Waals surface area contributed by atoms with E-state index in [0.717, 1.165) is 29.8 Å². The first kappa shape index (κ1) is 13.1. The topological polar surface area (TPSA) is 19.4 Å². The van der Waals surface area contributed by atoms with Gasteiger partial charge in [0, 0.05) is 25.0 Å². The summed E-state index contributed by atoms with van der Waals surface area (Å²) >= 11 is 7.50. The van der Waals surface area contributed by atoms with Crippen molar-refractivity contribution < 1.29 is 0 Å². The summed E-state index contributed by atoms with van der Waals surface area (Å²) in [6.45, 7) is 3.47. The standard InChI is InChI=1S/C12H20ClN3S/c1-15(2)8-10-3-5-16(6-4-10)12-14-11(7-13)9-17-12/h9-10H,3-8H2,1-2H3. The lowest BCUT2D eigenvalue weighted by atomic mass is 9.97. The van der Waals surface area contributed by atoms with Crippen molar-refractivity contribution in [2.24, 2.45) is 5.92 Å².